The van der Waals surface area contributed by atoms with Gasteiger partial charge < -0.3 is 9.15 Å². The lowest BCUT2D eigenvalue weighted by molar-refractivity contribution is 0.0526. The lowest BCUT2D eigenvalue weighted by Crippen LogP contribution is -2.29. The predicted molar refractivity (Wildman–Crippen MR) is 119 cm³/mol. The van der Waals surface area contributed by atoms with Gasteiger partial charge in [-0.25, -0.2) is 4.79 Å². The summed E-state index contributed by atoms with van der Waals surface area (Å²) in [5, 5.41) is 7.85. The van der Waals surface area contributed by atoms with E-state index >= 15 is 0 Å². The summed E-state index contributed by atoms with van der Waals surface area (Å²) in [5.74, 6) is -0.0720. The molecule has 0 saturated heterocycles. The van der Waals surface area contributed by atoms with E-state index in [9.17, 15) is 9.59 Å². The fraction of sp³-hybridized carbons (Fsp3) is 0.125. The Hall–Kier alpha value is -3.84. The Kier molecular flexibility index (Phi) is 5.03. The molecule has 32 heavy (non-hydrogen) atoms. The maximum atomic E-state index is 13.4. The number of fused-ring (bicyclic) bond motifs is 1. The van der Waals surface area contributed by atoms with Crippen LogP contribution in [0.1, 0.15) is 44.9 Å². The van der Waals surface area contributed by atoms with E-state index in [4.69, 9.17) is 20.8 Å². The SMILES string of the molecule is CCOC(=O)c1ccc(N2C(=O)c3n[nH]c(-c4ccco4)c3[C@H]2c2ccc(Cl)cc2)cc1. The molecule has 0 bridgehead atoms. The van der Waals surface area contributed by atoms with Crippen molar-refractivity contribution >= 4 is 29.2 Å². The lowest BCUT2D eigenvalue weighted by Gasteiger charge is -2.26. The number of halogens is 1. The molecular formula is C24H18ClN3O4. The molecule has 4 aromatic rings. The second-order valence-corrected chi connectivity index (χ2v) is 7.67. The smallest absolute Gasteiger partial charge is 0.338 e. The molecule has 0 radical (unpaired) electrons. The Bertz CT molecular complexity index is 1280. The first kappa shape index (κ1) is 20.1. The normalized spacial score (nSPS) is 15.1. The summed E-state index contributed by atoms with van der Waals surface area (Å²) < 4.78 is 10.6. The van der Waals surface area contributed by atoms with Crippen molar-refractivity contribution in [1.82, 2.24) is 10.2 Å². The van der Waals surface area contributed by atoms with Crippen LogP contribution in [-0.2, 0) is 4.74 Å². The second-order valence-electron chi connectivity index (χ2n) is 7.23. The zero-order valence-corrected chi connectivity index (χ0v) is 17.8. The summed E-state index contributed by atoms with van der Waals surface area (Å²) in [6, 6.07) is 17.2. The highest BCUT2D eigenvalue weighted by molar-refractivity contribution is 6.30. The maximum Gasteiger partial charge on any atom is 0.338 e. The van der Waals surface area contributed by atoms with Crippen LogP contribution < -0.4 is 4.90 Å². The molecule has 1 amide bonds. The van der Waals surface area contributed by atoms with E-state index in [1.165, 1.54) is 0 Å². The number of nitrogens with zero attached hydrogens (tertiary/aromatic N) is 2. The number of aromatic amines is 1. The molecule has 5 rings (SSSR count). The van der Waals surface area contributed by atoms with Gasteiger partial charge in [0.1, 0.15) is 5.69 Å². The van der Waals surface area contributed by atoms with Crippen molar-refractivity contribution in [3.63, 3.8) is 0 Å². The van der Waals surface area contributed by atoms with E-state index in [0.717, 1.165) is 11.1 Å². The van der Waals surface area contributed by atoms with Crippen LogP contribution in [0.2, 0.25) is 5.02 Å². The van der Waals surface area contributed by atoms with Gasteiger partial charge in [0.2, 0.25) is 0 Å². The Balaban J connectivity index is 1.62. The number of nitrogens with one attached hydrogen (secondary N) is 1. The summed E-state index contributed by atoms with van der Waals surface area (Å²) in [5.41, 5.74) is 3.60. The number of benzene rings is 2. The molecule has 1 N–H and O–H groups in total. The third kappa shape index (κ3) is 3.27. The van der Waals surface area contributed by atoms with E-state index in [0.29, 0.717) is 40.0 Å². The average Bonchev–Trinajstić information content (AvgIpc) is 3.53. The molecular weight excluding hydrogens is 430 g/mol. The van der Waals surface area contributed by atoms with Crippen molar-refractivity contribution in [2.75, 3.05) is 11.5 Å². The zero-order valence-electron chi connectivity index (χ0n) is 17.0. The Morgan fingerprint density at radius 3 is 2.56 bits per heavy atom. The van der Waals surface area contributed by atoms with Crippen molar-refractivity contribution in [1.29, 1.82) is 0 Å². The number of hydrogen-bond donors (Lipinski definition) is 1. The van der Waals surface area contributed by atoms with E-state index < -0.39 is 12.0 Å². The van der Waals surface area contributed by atoms with Crippen molar-refractivity contribution < 1.29 is 18.7 Å². The van der Waals surface area contributed by atoms with Crippen LogP contribution in [0.3, 0.4) is 0 Å². The van der Waals surface area contributed by atoms with Crippen LogP contribution >= 0.6 is 11.6 Å². The standard InChI is InChI=1S/C24H18ClN3O4/c1-2-31-24(30)15-7-11-17(12-8-15)28-22(14-5-9-16(25)10-6-14)19-20(18-4-3-13-32-18)26-27-21(19)23(28)29/h3-13,22H,2H2,1H3,(H,26,27)/t22-/m1/s1. The van der Waals surface area contributed by atoms with Gasteiger partial charge in [-0.2, -0.15) is 5.10 Å². The van der Waals surface area contributed by atoms with Crippen LogP contribution in [0.4, 0.5) is 5.69 Å². The van der Waals surface area contributed by atoms with Crippen LogP contribution in [-0.4, -0.2) is 28.7 Å². The van der Waals surface area contributed by atoms with Gasteiger partial charge in [-0.3, -0.25) is 14.8 Å². The molecule has 3 heterocycles. The third-order valence-electron chi connectivity index (χ3n) is 5.37. The summed E-state index contributed by atoms with van der Waals surface area (Å²) in [4.78, 5) is 27.1. The molecule has 7 nitrogen and oxygen atoms in total. The monoisotopic (exact) mass is 447 g/mol. The minimum absolute atomic E-state index is 0.252. The molecule has 0 saturated carbocycles. The first-order chi connectivity index (χ1) is 15.6. The van der Waals surface area contributed by atoms with E-state index in [-0.39, 0.29) is 5.91 Å². The molecule has 0 fully saturated rings. The van der Waals surface area contributed by atoms with Crippen molar-refractivity contribution in [3.05, 3.63) is 94.3 Å². The van der Waals surface area contributed by atoms with Crippen molar-refractivity contribution in [2.24, 2.45) is 0 Å². The van der Waals surface area contributed by atoms with Crippen LogP contribution in [0.5, 0.6) is 0 Å². The molecule has 1 atom stereocenters. The molecule has 0 unspecified atom stereocenters. The maximum absolute atomic E-state index is 13.4. The third-order valence-corrected chi connectivity index (χ3v) is 5.62. The van der Waals surface area contributed by atoms with Gasteiger partial charge in [-0.15, -0.1) is 0 Å². The van der Waals surface area contributed by atoms with Gasteiger partial charge >= 0.3 is 5.97 Å². The summed E-state index contributed by atoms with van der Waals surface area (Å²) >= 11 is 6.11. The molecule has 1 aliphatic rings. The fourth-order valence-electron chi connectivity index (χ4n) is 3.95. The van der Waals surface area contributed by atoms with Crippen LogP contribution in [0.15, 0.2) is 71.3 Å². The van der Waals surface area contributed by atoms with Gasteiger partial charge in [-0.1, -0.05) is 23.7 Å². The fourth-order valence-corrected chi connectivity index (χ4v) is 4.07. The van der Waals surface area contributed by atoms with Gasteiger partial charge in [0.15, 0.2) is 11.5 Å². The number of ether oxygens (including phenoxy) is 1. The number of hydrogen-bond acceptors (Lipinski definition) is 5. The first-order valence-corrected chi connectivity index (χ1v) is 10.4. The number of aromatic nitrogens is 2. The topological polar surface area (TPSA) is 88.4 Å². The molecule has 2 aromatic heterocycles. The largest absolute Gasteiger partial charge is 0.463 e. The minimum atomic E-state index is -0.456. The number of H-pyrrole nitrogens is 1. The Morgan fingerprint density at radius 1 is 1.16 bits per heavy atom. The van der Waals surface area contributed by atoms with Crippen LogP contribution in [0, 0.1) is 0 Å². The van der Waals surface area contributed by atoms with Crippen molar-refractivity contribution in [3.8, 4) is 11.5 Å². The highest BCUT2D eigenvalue weighted by Crippen LogP contribution is 2.45. The number of carbonyl (C=O) groups is 2. The average molecular weight is 448 g/mol. The summed E-state index contributed by atoms with van der Waals surface area (Å²) in [6.07, 6.45) is 1.57. The number of anilines is 1. The predicted octanol–water partition coefficient (Wildman–Crippen LogP) is 5.25. The zero-order chi connectivity index (χ0) is 22.2. The lowest BCUT2D eigenvalue weighted by atomic mass is 9.97. The molecule has 0 spiro atoms. The van der Waals surface area contributed by atoms with Gasteiger partial charge in [-0.05, 0) is 61.0 Å². The Labute approximate surface area is 188 Å². The highest BCUT2D eigenvalue weighted by atomic mass is 35.5. The number of carbonyl (C=O) groups excluding carboxylic acids is 2. The summed E-state index contributed by atoms with van der Waals surface area (Å²) in [7, 11) is 0. The quantitative estimate of drug-likeness (QED) is 0.422. The number of rotatable bonds is 5. The van der Waals surface area contributed by atoms with Gasteiger partial charge in [0.25, 0.3) is 5.91 Å². The van der Waals surface area contributed by atoms with Gasteiger partial charge in [0, 0.05) is 16.3 Å². The minimum Gasteiger partial charge on any atom is -0.463 e. The number of esters is 1. The molecule has 1 aliphatic heterocycles. The van der Waals surface area contributed by atoms with E-state index in [1.807, 2.05) is 18.2 Å². The van der Waals surface area contributed by atoms with E-state index in [2.05, 4.69) is 10.2 Å². The van der Waals surface area contributed by atoms with Crippen LogP contribution in [0.25, 0.3) is 11.5 Å². The van der Waals surface area contributed by atoms with E-state index in [1.54, 1.807) is 60.6 Å². The Morgan fingerprint density at radius 2 is 1.91 bits per heavy atom. The number of furan rings is 1. The molecule has 0 aliphatic carbocycles. The summed E-state index contributed by atoms with van der Waals surface area (Å²) in [6.45, 7) is 2.05. The first-order valence-electron chi connectivity index (χ1n) is 10.1. The second kappa shape index (κ2) is 8.01. The molecule has 160 valence electrons. The molecule has 8 heteroatoms. The molecule has 2 aromatic carbocycles. The number of amides is 1. The van der Waals surface area contributed by atoms with Gasteiger partial charge in [0.05, 0.1) is 24.5 Å². The highest BCUT2D eigenvalue weighted by Gasteiger charge is 2.43. The van der Waals surface area contributed by atoms with Crippen molar-refractivity contribution in [2.45, 2.75) is 13.0 Å².